The highest BCUT2D eigenvalue weighted by atomic mass is 19.4. The number of alkyl halides is 3. The first-order valence-electron chi connectivity index (χ1n) is 6.98. The summed E-state index contributed by atoms with van der Waals surface area (Å²) in [5.74, 6) is -2.25. The minimum absolute atomic E-state index is 0.0724. The highest BCUT2D eigenvalue weighted by Crippen LogP contribution is 2.29. The van der Waals surface area contributed by atoms with Crippen LogP contribution < -0.4 is 4.74 Å². The molecular formula is C16H10F3N3O3. The van der Waals surface area contributed by atoms with E-state index in [1.165, 1.54) is 25.3 Å². The molecule has 1 aromatic carbocycles. The Morgan fingerprint density at radius 3 is 2.48 bits per heavy atom. The third kappa shape index (κ3) is 3.65. The number of hydrogen-bond donors (Lipinski definition) is 0. The molecule has 0 aliphatic carbocycles. The molecule has 0 amide bonds. The maximum Gasteiger partial charge on any atom is 0.491 e. The zero-order valence-electron chi connectivity index (χ0n) is 12.7. The van der Waals surface area contributed by atoms with E-state index >= 15 is 0 Å². The number of aryl methyl sites for hydroxylation is 1. The average Bonchev–Trinajstić information content (AvgIpc) is 3.07. The summed E-state index contributed by atoms with van der Waals surface area (Å²) in [6, 6.07) is 7.71. The molecule has 3 aromatic rings. The van der Waals surface area contributed by atoms with Crippen molar-refractivity contribution in [3.63, 3.8) is 0 Å². The van der Waals surface area contributed by atoms with Gasteiger partial charge in [-0.3, -0.25) is 4.98 Å². The lowest BCUT2D eigenvalue weighted by molar-refractivity contribution is -0.189. The Hall–Kier alpha value is -3.23. The van der Waals surface area contributed by atoms with Gasteiger partial charge in [-0.2, -0.15) is 13.2 Å². The Labute approximate surface area is 139 Å². The van der Waals surface area contributed by atoms with Crippen LogP contribution in [0.4, 0.5) is 13.2 Å². The smallest absolute Gasteiger partial charge is 0.420 e. The van der Waals surface area contributed by atoms with Gasteiger partial charge >= 0.3 is 12.1 Å². The lowest BCUT2D eigenvalue weighted by atomic mass is 10.1. The molecule has 9 heteroatoms. The summed E-state index contributed by atoms with van der Waals surface area (Å²) in [5.41, 5.74) is 1.27. The van der Waals surface area contributed by atoms with E-state index in [0.29, 0.717) is 16.7 Å². The molecule has 0 bridgehead atoms. The third-order valence-electron chi connectivity index (χ3n) is 3.20. The van der Waals surface area contributed by atoms with Gasteiger partial charge in [0.25, 0.3) is 0 Å². The second-order valence-electron chi connectivity index (χ2n) is 5.02. The molecule has 0 saturated carbocycles. The van der Waals surface area contributed by atoms with Crippen molar-refractivity contribution in [3.05, 3.63) is 48.3 Å². The minimum atomic E-state index is -5.08. The number of aromatic nitrogens is 3. The summed E-state index contributed by atoms with van der Waals surface area (Å²) in [5, 5.41) is 7.73. The number of nitrogens with zero attached hydrogens (tertiary/aromatic N) is 3. The molecule has 25 heavy (non-hydrogen) atoms. The summed E-state index contributed by atoms with van der Waals surface area (Å²) in [6.07, 6.45) is -1.97. The molecule has 128 valence electrons. The number of carbonyl (C=O) groups excluding carboxylic acids is 1. The van der Waals surface area contributed by atoms with Crippen molar-refractivity contribution < 1.29 is 27.1 Å². The lowest BCUT2D eigenvalue weighted by Gasteiger charge is -2.09. The number of pyridine rings is 1. The zero-order chi connectivity index (χ0) is 18.0. The van der Waals surface area contributed by atoms with Crippen LogP contribution in [0, 0.1) is 6.92 Å². The van der Waals surface area contributed by atoms with Gasteiger partial charge in [0.15, 0.2) is 0 Å². The van der Waals surface area contributed by atoms with Crippen LogP contribution in [0.5, 0.6) is 5.75 Å². The van der Waals surface area contributed by atoms with Crippen molar-refractivity contribution in [3.8, 4) is 28.7 Å². The SMILES string of the molecule is Cc1ccc(-c2nnc(-c3cccnc3)o2)cc1OC(=O)C(F)(F)F. The Kier molecular flexibility index (Phi) is 4.22. The summed E-state index contributed by atoms with van der Waals surface area (Å²) < 4.78 is 47.0. The van der Waals surface area contributed by atoms with Gasteiger partial charge in [0.2, 0.25) is 11.8 Å². The second-order valence-corrected chi connectivity index (χ2v) is 5.02. The predicted octanol–water partition coefficient (Wildman–Crippen LogP) is 3.57. The van der Waals surface area contributed by atoms with Gasteiger partial charge in [-0.15, -0.1) is 10.2 Å². The van der Waals surface area contributed by atoms with Crippen molar-refractivity contribution in [2.24, 2.45) is 0 Å². The van der Waals surface area contributed by atoms with Gasteiger partial charge in [-0.25, -0.2) is 4.79 Å². The van der Waals surface area contributed by atoms with Crippen LogP contribution in [0.25, 0.3) is 22.9 Å². The number of rotatable bonds is 3. The molecule has 0 aliphatic heterocycles. The van der Waals surface area contributed by atoms with Crippen LogP contribution in [-0.4, -0.2) is 27.3 Å². The molecule has 0 fully saturated rings. The van der Waals surface area contributed by atoms with Gasteiger partial charge in [0.05, 0.1) is 5.56 Å². The maximum absolute atomic E-state index is 12.4. The van der Waals surface area contributed by atoms with Crippen LogP contribution in [0.3, 0.4) is 0 Å². The average molecular weight is 349 g/mol. The highest BCUT2D eigenvalue weighted by molar-refractivity contribution is 5.79. The van der Waals surface area contributed by atoms with E-state index in [4.69, 9.17) is 4.42 Å². The van der Waals surface area contributed by atoms with Gasteiger partial charge < -0.3 is 9.15 Å². The van der Waals surface area contributed by atoms with Crippen molar-refractivity contribution in [1.82, 2.24) is 15.2 Å². The van der Waals surface area contributed by atoms with Crippen molar-refractivity contribution in [1.29, 1.82) is 0 Å². The molecule has 0 unspecified atom stereocenters. The Morgan fingerprint density at radius 1 is 1.12 bits per heavy atom. The van der Waals surface area contributed by atoms with Gasteiger partial charge in [-0.05, 0) is 36.8 Å². The Morgan fingerprint density at radius 2 is 1.84 bits per heavy atom. The fraction of sp³-hybridized carbons (Fsp3) is 0.125. The topological polar surface area (TPSA) is 78.1 Å². The summed E-state index contributed by atoms with van der Waals surface area (Å²) >= 11 is 0. The molecule has 2 heterocycles. The van der Waals surface area contributed by atoms with E-state index in [0.717, 1.165) is 0 Å². The fourth-order valence-electron chi connectivity index (χ4n) is 1.95. The number of hydrogen-bond acceptors (Lipinski definition) is 6. The number of halogens is 3. The van der Waals surface area contributed by atoms with Crippen LogP contribution in [0.1, 0.15) is 5.56 Å². The standard InChI is InChI=1S/C16H10F3N3O3/c1-9-4-5-10(7-12(9)24-15(23)16(17,18)19)13-21-22-14(25-13)11-3-2-6-20-8-11/h2-8H,1H3. The van der Waals surface area contributed by atoms with Crippen molar-refractivity contribution in [2.75, 3.05) is 0 Å². The molecule has 0 radical (unpaired) electrons. The second kappa shape index (κ2) is 6.34. The molecule has 0 aliphatic rings. The predicted molar refractivity (Wildman–Crippen MR) is 79.4 cm³/mol. The number of benzene rings is 1. The van der Waals surface area contributed by atoms with Gasteiger partial charge in [0, 0.05) is 18.0 Å². The maximum atomic E-state index is 12.4. The molecule has 2 aromatic heterocycles. The first-order chi connectivity index (χ1) is 11.8. The zero-order valence-corrected chi connectivity index (χ0v) is 12.7. The highest BCUT2D eigenvalue weighted by Gasteiger charge is 2.41. The van der Waals surface area contributed by atoms with Crippen molar-refractivity contribution >= 4 is 5.97 Å². The molecule has 0 spiro atoms. The van der Waals surface area contributed by atoms with Gasteiger partial charge in [0.1, 0.15) is 5.75 Å². The van der Waals surface area contributed by atoms with E-state index < -0.39 is 12.1 Å². The summed E-state index contributed by atoms with van der Waals surface area (Å²) in [7, 11) is 0. The Bertz CT molecular complexity index is 908. The quantitative estimate of drug-likeness (QED) is 0.531. The molecule has 0 atom stereocenters. The summed E-state index contributed by atoms with van der Waals surface area (Å²) in [4.78, 5) is 15.0. The van der Waals surface area contributed by atoms with E-state index in [1.807, 2.05) is 0 Å². The van der Waals surface area contributed by atoms with Gasteiger partial charge in [-0.1, -0.05) is 6.07 Å². The largest absolute Gasteiger partial charge is 0.491 e. The first kappa shape index (κ1) is 16.6. The normalized spacial score (nSPS) is 11.4. The van der Waals surface area contributed by atoms with E-state index in [1.54, 1.807) is 24.4 Å². The number of carbonyl (C=O) groups is 1. The summed E-state index contributed by atoms with van der Waals surface area (Å²) in [6.45, 7) is 1.51. The fourth-order valence-corrected chi connectivity index (χ4v) is 1.95. The lowest BCUT2D eigenvalue weighted by Crippen LogP contribution is -2.28. The van der Waals surface area contributed by atoms with E-state index in [9.17, 15) is 18.0 Å². The molecule has 3 rings (SSSR count). The van der Waals surface area contributed by atoms with Crippen LogP contribution in [0.2, 0.25) is 0 Å². The molecule has 6 nitrogen and oxygen atoms in total. The van der Waals surface area contributed by atoms with E-state index in [-0.39, 0.29) is 17.5 Å². The van der Waals surface area contributed by atoms with Crippen molar-refractivity contribution in [2.45, 2.75) is 13.1 Å². The number of ether oxygens (including phenoxy) is 1. The Balaban J connectivity index is 1.90. The minimum Gasteiger partial charge on any atom is -0.420 e. The first-order valence-corrected chi connectivity index (χ1v) is 6.98. The van der Waals surface area contributed by atoms with Crippen LogP contribution in [-0.2, 0) is 4.79 Å². The molecular weight excluding hydrogens is 339 g/mol. The van der Waals surface area contributed by atoms with Crippen LogP contribution in [0.15, 0.2) is 47.1 Å². The number of esters is 1. The monoisotopic (exact) mass is 349 g/mol. The molecule has 0 N–H and O–H groups in total. The third-order valence-corrected chi connectivity index (χ3v) is 3.20. The van der Waals surface area contributed by atoms with Crippen LogP contribution >= 0.6 is 0 Å². The molecule has 0 saturated heterocycles. The van der Waals surface area contributed by atoms with E-state index in [2.05, 4.69) is 19.9 Å².